The minimum Gasteiger partial charge on any atom is -0.477 e. The Morgan fingerprint density at radius 1 is 0.708 bits per heavy atom. The monoisotopic (exact) mass is 342 g/mol. The Balaban J connectivity index is 5.08. The maximum absolute atomic E-state index is 12.1. The molecule has 3 heteroatoms. The number of nitrogens with zero attached hydrogens (tertiary/aromatic N) is 1. The van der Waals surface area contributed by atoms with Crippen molar-refractivity contribution in [2.24, 2.45) is 0 Å². The summed E-state index contributed by atoms with van der Waals surface area (Å²) in [5.41, 5.74) is 0. The number of quaternary nitrogens is 1. The van der Waals surface area contributed by atoms with Gasteiger partial charge in [-0.3, -0.25) is 0 Å². The van der Waals surface area contributed by atoms with Crippen LogP contribution in [0.1, 0.15) is 105 Å². The number of aliphatic carboxylic acids is 1. The molecule has 0 saturated heterocycles. The number of carboxylic acid groups (broad SMARTS) is 1. The zero-order valence-corrected chi connectivity index (χ0v) is 17.0. The van der Waals surface area contributed by atoms with E-state index in [2.05, 4.69) is 27.7 Å². The summed E-state index contributed by atoms with van der Waals surface area (Å²) >= 11 is 0. The lowest BCUT2D eigenvalue weighted by atomic mass is 10.00. The summed E-state index contributed by atoms with van der Waals surface area (Å²) in [5, 5.41) is 9.99. The van der Waals surface area contributed by atoms with Crippen molar-refractivity contribution in [3.8, 4) is 0 Å². The van der Waals surface area contributed by atoms with Crippen LogP contribution in [-0.2, 0) is 4.79 Å². The Bertz CT molecular complexity index is 282. The standard InChI is InChI=1S/C21H43NO2/c1-5-9-13-14-15-16-20(21(23)24)22(17-10-6-2,18-11-7-3)19-12-8-4/h20H,5-19H2,1-4H3/p+1. The highest BCUT2D eigenvalue weighted by atomic mass is 16.4. The van der Waals surface area contributed by atoms with Crippen molar-refractivity contribution in [3.05, 3.63) is 0 Å². The first-order valence-corrected chi connectivity index (χ1v) is 10.7. The second-order valence-electron chi connectivity index (χ2n) is 7.51. The van der Waals surface area contributed by atoms with E-state index in [9.17, 15) is 9.90 Å². The number of carbonyl (C=O) groups is 1. The van der Waals surface area contributed by atoms with E-state index in [1.165, 1.54) is 25.7 Å². The van der Waals surface area contributed by atoms with E-state index in [-0.39, 0.29) is 6.04 Å². The first-order valence-electron chi connectivity index (χ1n) is 10.7. The molecule has 0 aromatic heterocycles. The average molecular weight is 343 g/mol. The largest absolute Gasteiger partial charge is 0.477 e. The summed E-state index contributed by atoms with van der Waals surface area (Å²) in [6.45, 7) is 12.0. The number of carboxylic acids is 1. The summed E-state index contributed by atoms with van der Waals surface area (Å²) in [7, 11) is 0. The molecule has 24 heavy (non-hydrogen) atoms. The molecule has 0 spiro atoms. The molecule has 1 atom stereocenters. The van der Waals surface area contributed by atoms with Crippen LogP contribution in [0.2, 0.25) is 0 Å². The van der Waals surface area contributed by atoms with E-state index in [0.29, 0.717) is 0 Å². The molecule has 0 rings (SSSR count). The van der Waals surface area contributed by atoms with Gasteiger partial charge in [0.15, 0.2) is 6.04 Å². The average Bonchev–Trinajstić information content (AvgIpc) is 2.58. The SMILES string of the molecule is CCCCCCCC(C(=O)O)[N+](CCCC)(CCCC)CCCC. The molecule has 1 N–H and O–H groups in total. The Morgan fingerprint density at radius 2 is 1.12 bits per heavy atom. The molecule has 0 bridgehead atoms. The number of hydrogen-bond donors (Lipinski definition) is 1. The molecule has 0 aliphatic carbocycles. The molecule has 3 nitrogen and oxygen atoms in total. The van der Waals surface area contributed by atoms with Gasteiger partial charge in [0.05, 0.1) is 19.6 Å². The zero-order valence-electron chi connectivity index (χ0n) is 17.0. The summed E-state index contributed by atoms with van der Waals surface area (Å²) in [6, 6.07) is -0.198. The van der Waals surface area contributed by atoms with Gasteiger partial charge >= 0.3 is 5.97 Å². The van der Waals surface area contributed by atoms with Gasteiger partial charge in [0.2, 0.25) is 0 Å². The summed E-state index contributed by atoms with van der Waals surface area (Å²) in [5.74, 6) is -0.561. The second kappa shape index (κ2) is 14.7. The fourth-order valence-corrected chi connectivity index (χ4v) is 3.79. The summed E-state index contributed by atoms with van der Waals surface area (Å²) < 4.78 is 0.832. The molecule has 0 heterocycles. The molecule has 0 fully saturated rings. The van der Waals surface area contributed by atoms with E-state index >= 15 is 0 Å². The van der Waals surface area contributed by atoms with Crippen LogP contribution in [0.4, 0.5) is 0 Å². The number of rotatable bonds is 17. The van der Waals surface area contributed by atoms with Crippen LogP contribution in [-0.4, -0.2) is 41.2 Å². The topological polar surface area (TPSA) is 37.3 Å². The fourth-order valence-electron chi connectivity index (χ4n) is 3.79. The fraction of sp³-hybridized carbons (Fsp3) is 0.952. The third-order valence-electron chi connectivity index (χ3n) is 5.40. The predicted molar refractivity (Wildman–Crippen MR) is 104 cm³/mol. The van der Waals surface area contributed by atoms with E-state index in [0.717, 1.165) is 75.5 Å². The highest BCUT2D eigenvalue weighted by Gasteiger charge is 2.40. The molecule has 0 radical (unpaired) electrons. The van der Waals surface area contributed by atoms with Crippen molar-refractivity contribution < 1.29 is 14.4 Å². The third kappa shape index (κ3) is 9.05. The van der Waals surface area contributed by atoms with E-state index in [4.69, 9.17) is 0 Å². The van der Waals surface area contributed by atoms with Gasteiger partial charge in [-0.25, -0.2) is 4.79 Å². The van der Waals surface area contributed by atoms with Gasteiger partial charge in [-0.2, -0.15) is 0 Å². The molecule has 0 aromatic carbocycles. The van der Waals surface area contributed by atoms with Gasteiger partial charge in [0.25, 0.3) is 0 Å². The highest BCUT2D eigenvalue weighted by Crippen LogP contribution is 2.24. The number of unbranched alkanes of at least 4 members (excludes halogenated alkanes) is 7. The lowest BCUT2D eigenvalue weighted by molar-refractivity contribution is -0.944. The van der Waals surface area contributed by atoms with Gasteiger partial charge in [0.1, 0.15) is 0 Å². The van der Waals surface area contributed by atoms with Gasteiger partial charge in [-0.1, -0.05) is 72.6 Å². The van der Waals surface area contributed by atoms with Crippen LogP contribution in [0, 0.1) is 0 Å². The van der Waals surface area contributed by atoms with Crippen LogP contribution in [0.25, 0.3) is 0 Å². The molecule has 0 saturated carbocycles. The molecule has 1 unspecified atom stereocenters. The summed E-state index contributed by atoms with van der Waals surface area (Å²) in [6.07, 6.45) is 13.8. The molecule has 0 aliphatic heterocycles. The van der Waals surface area contributed by atoms with Crippen molar-refractivity contribution >= 4 is 5.97 Å². The lowest BCUT2D eigenvalue weighted by Gasteiger charge is -2.43. The minimum absolute atomic E-state index is 0.198. The van der Waals surface area contributed by atoms with Gasteiger partial charge in [0, 0.05) is 6.42 Å². The Hall–Kier alpha value is -0.570. The van der Waals surface area contributed by atoms with Crippen molar-refractivity contribution in [2.75, 3.05) is 19.6 Å². The van der Waals surface area contributed by atoms with Crippen molar-refractivity contribution in [1.29, 1.82) is 0 Å². The normalized spacial score (nSPS) is 13.2. The highest BCUT2D eigenvalue weighted by molar-refractivity contribution is 5.72. The minimum atomic E-state index is -0.561. The Kier molecular flexibility index (Phi) is 14.4. The van der Waals surface area contributed by atoms with Gasteiger partial charge in [-0.15, -0.1) is 0 Å². The zero-order chi connectivity index (χ0) is 18.3. The maximum Gasteiger partial charge on any atom is 0.362 e. The third-order valence-corrected chi connectivity index (χ3v) is 5.40. The van der Waals surface area contributed by atoms with Crippen LogP contribution < -0.4 is 0 Å². The molecule has 0 aliphatic rings. The lowest BCUT2D eigenvalue weighted by Crippen LogP contribution is -2.60. The van der Waals surface area contributed by atoms with Crippen molar-refractivity contribution in [2.45, 2.75) is 111 Å². The van der Waals surface area contributed by atoms with Crippen LogP contribution in [0.5, 0.6) is 0 Å². The quantitative estimate of drug-likeness (QED) is 0.259. The summed E-state index contributed by atoms with van der Waals surface area (Å²) in [4.78, 5) is 12.1. The Morgan fingerprint density at radius 3 is 1.50 bits per heavy atom. The second-order valence-corrected chi connectivity index (χ2v) is 7.51. The molecule has 0 aromatic rings. The van der Waals surface area contributed by atoms with E-state index in [1.807, 2.05) is 0 Å². The van der Waals surface area contributed by atoms with Gasteiger partial charge < -0.3 is 9.59 Å². The van der Waals surface area contributed by atoms with E-state index < -0.39 is 5.97 Å². The van der Waals surface area contributed by atoms with Crippen LogP contribution in [0.3, 0.4) is 0 Å². The number of hydrogen-bond acceptors (Lipinski definition) is 1. The van der Waals surface area contributed by atoms with E-state index in [1.54, 1.807) is 0 Å². The Labute approximate surface area is 151 Å². The predicted octanol–water partition coefficient (Wildman–Crippen LogP) is 6.02. The van der Waals surface area contributed by atoms with Crippen molar-refractivity contribution in [3.63, 3.8) is 0 Å². The first-order chi connectivity index (χ1) is 11.6. The van der Waals surface area contributed by atoms with Crippen molar-refractivity contribution in [1.82, 2.24) is 0 Å². The molecule has 0 amide bonds. The maximum atomic E-state index is 12.1. The molecular weight excluding hydrogens is 298 g/mol. The molecular formula is C21H44NO2+. The van der Waals surface area contributed by atoms with Gasteiger partial charge in [-0.05, 0) is 25.7 Å². The smallest absolute Gasteiger partial charge is 0.362 e. The van der Waals surface area contributed by atoms with Crippen LogP contribution in [0.15, 0.2) is 0 Å². The van der Waals surface area contributed by atoms with Crippen LogP contribution >= 0.6 is 0 Å². The molecule has 144 valence electrons. The first kappa shape index (κ1) is 23.4.